The van der Waals surface area contributed by atoms with E-state index in [4.69, 9.17) is 9.90 Å². The number of urea groups is 1. The van der Waals surface area contributed by atoms with Crippen LogP contribution in [0.4, 0.5) is 23.7 Å². The number of benzene rings is 1. The highest BCUT2D eigenvalue weighted by Gasteiger charge is 2.38. The van der Waals surface area contributed by atoms with Crippen LogP contribution in [0.1, 0.15) is 37.1 Å². The molecule has 3 heterocycles. The van der Waals surface area contributed by atoms with Gasteiger partial charge in [0, 0.05) is 25.3 Å². The molecule has 2 amide bonds. The molecule has 0 bridgehead atoms. The van der Waals surface area contributed by atoms with Crippen molar-refractivity contribution in [2.75, 3.05) is 25.0 Å². The van der Waals surface area contributed by atoms with Gasteiger partial charge < -0.3 is 15.3 Å². The molecule has 2 aromatic rings. The molecule has 0 atom stereocenters. The number of carbonyl (C=O) groups excluding carboxylic acids is 1. The monoisotopic (exact) mass is 468 g/mol. The third-order valence-corrected chi connectivity index (χ3v) is 5.43. The third-order valence-electron chi connectivity index (χ3n) is 5.43. The van der Waals surface area contributed by atoms with Gasteiger partial charge in [0.2, 0.25) is 0 Å². The Morgan fingerprint density at radius 2 is 1.67 bits per heavy atom. The molecule has 0 spiro atoms. The second kappa shape index (κ2) is 11.1. The number of rotatable bonds is 3. The maximum Gasteiger partial charge on any atom is 0.490 e. The van der Waals surface area contributed by atoms with E-state index in [0.29, 0.717) is 6.54 Å². The molecule has 1 saturated heterocycles. The van der Waals surface area contributed by atoms with Gasteiger partial charge in [-0.3, -0.25) is 4.90 Å². The number of hydrogen-bond acceptors (Lipinski definition) is 5. The Balaban J connectivity index is 0.000000383. The van der Waals surface area contributed by atoms with Gasteiger partial charge in [-0.05, 0) is 44.5 Å². The SMILES string of the molecule is O=C(Nc1ccccc1)N1CCCn2nnc(CN3CCCCC3)c2C1.O=C(O)C(F)(F)F. The van der Waals surface area contributed by atoms with Gasteiger partial charge in [0.05, 0.1) is 12.2 Å². The Morgan fingerprint density at radius 1 is 1.00 bits per heavy atom. The Labute approximate surface area is 189 Å². The van der Waals surface area contributed by atoms with Gasteiger partial charge in [-0.15, -0.1) is 5.10 Å². The number of carbonyl (C=O) groups is 2. The molecule has 1 fully saturated rings. The lowest BCUT2D eigenvalue weighted by molar-refractivity contribution is -0.192. The normalized spacial score (nSPS) is 16.8. The number of fused-ring (bicyclic) bond motifs is 1. The van der Waals surface area contributed by atoms with E-state index >= 15 is 0 Å². The number of amides is 2. The van der Waals surface area contributed by atoms with Gasteiger partial charge in [0.1, 0.15) is 5.69 Å². The maximum absolute atomic E-state index is 12.7. The highest BCUT2D eigenvalue weighted by atomic mass is 19.4. The van der Waals surface area contributed by atoms with E-state index in [9.17, 15) is 18.0 Å². The number of nitrogens with one attached hydrogen (secondary N) is 1. The fourth-order valence-corrected chi connectivity index (χ4v) is 3.74. The minimum absolute atomic E-state index is 0.0604. The van der Waals surface area contributed by atoms with Crippen molar-refractivity contribution in [3.8, 4) is 0 Å². The van der Waals surface area contributed by atoms with Crippen LogP contribution in [-0.2, 0) is 24.4 Å². The van der Waals surface area contributed by atoms with Crippen molar-refractivity contribution in [1.82, 2.24) is 24.8 Å². The first-order chi connectivity index (χ1) is 15.7. The van der Waals surface area contributed by atoms with E-state index in [0.717, 1.165) is 56.2 Å². The minimum Gasteiger partial charge on any atom is -0.475 e. The van der Waals surface area contributed by atoms with Crippen LogP contribution < -0.4 is 5.32 Å². The maximum atomic E-state index is 12.7. The second-order valence-electron chi connectivity index (χ2n) is 7.92. The number of piperidine rings is 1. The summed E-state index contributed by atoms with van der Waals surface area (Å²) in [5.41, 5.74) is 2.92. The molecule has 1 aromatic heterocycles. The van der Waals surface area contributed by atoms with E-state index in [1.807, 2.05) is 39.9 Å². The summed E-state index contributed by atoms with van der Waals surface area (Å²) < 4.78 is 33.7. The van der Waals surface area contributed by atoms with Crippen molar-refractivity contribution < 1.29 is 27.9 Å². The molecule has 2 aliphatic heterocycles. The number of aliphatic carboxylic acids is 1. The lowest BCUT2D eigenvalue weighted by Gasteiger charge is -2.26. The standard InChI is InChI=1S/C19H26N6O.C2HF3O2/c26-19(20-16-8-3-1-4-9-16)24-12-7-13-25-18(15-24)17(21-22-25)14-23-10-5-2-6-11-23;3-2(4,5)1(6)7/h1,3-4,8-9H,2,5-7,10-15H2,(H,20,26);(H,6,7). The van der Waals surface area contributed by atoms with E-state index in [-0.39, 0.29) is 6.03 Å². The minimum atomic E-state index is -5.08. The number of likely N-dealkylation sites (tertiary alicyclic amines) is 1. The van der Waals surface area contributed by atoms with Crippen LogP contribution >= 0.6 is 0 Å². The average molecular weight is 468 g/mol. The van der Waals surface area contributed by atoms with Crippen molar-refractivity contribution in [1.29, 1.82) is 0 Å². The van der Waals surface area contributed by atoms with Gasteiger partial charge in [0.15, 0.2) is 0 Å². The number of carboxylic acid groups (broad SMARTS) is 1. The zero-order valence-corrected chi connectivity index (χ0v) is 18.1. The number of carboxylic acids is 1. The molecule has 0 radical (unpaired) electrons. The first kappa shape index (κ1) is 24.5. The second-order valence-corrected chi connectivity index (χ2v) is 7.92. The van der Waals surface area contributed by atoms with E-state index in [1.165, 1.54) is 19.3 Å². The summed E-state index contributed by atoms with van der Waals surface area (Å²) in [7, 11) is 0. The topological polar surface area (TPSA) is 104 Å². The molecule has 2 N–H and O–H groups in total. The fraction of sp³-hybridized carbons (Fsp3) is 0.524. The molecule has 0 aliphatic carbocycles. The first-order valence-electron chi connectivity index (χ1n) is 10.8. The van der Waals surface area contributed by atoms with Gasteiger partial charge >= 0.3 is 18.2 Å². The average Bonchev–Trinajstić information content (AvgIpc) is 3.02. The number of aromatic nitrogens is 3. The fourth-order valence-electron chi connectivity index (χ4n) is 3.74. The quantitative estimate of drug-likeness (QED) is 0.716. The first-order valence-corrected chi connectivity index (χ1v) is 10.8. The van der Waals surface area contributed by atoms with Crippen molar-refractivity contribution in [3.63, 3.8) is 0 Å². The molecule has 33 heavy (non-hydrogen) atoms. The molecular weight excluding hydrogens is 441 g/mol. The Morgan fingerprint density at radius 3 is 2.30 bits per heavy atom. The summed E-state index contributed by atoms with van der Waals surface area (Å²) >= 11 is 0. The number of alkyl halides is 3. The van der Waals surface area contributed by atoms with E-state index < -0.39 is 12.1 Å². The van der Waals surface area contributed by atoms with Crippen molar-refractivity contribution in [2.45, 2.75) is 51.5 Å². The van der Waals surface area contributed by atoms with Crippen LogP contribution in [-0.4, -0.2) is 67.7 Å². The molecule has 2 aliphatic rings. The van der Waals surface area contributed by atoms with Crippen LogP contribution in [0, 0.1) is 0 Å². The van der Waals surface area contributed by atoms with E-state index in [2.05, 4.69) is 20.5 Å². The third kappa shape index (κ3) is 7.17. The van der Waals surface area contributed by atoms with Gasteiger partial charge in [-0.2, -0.15) is 13.2 Å². The van der Waals surface area contributed by atoms with Crippen LogP contribution in [0.15, 0.2) is 30.3 Å². The predicted molar refractivity (Wildman–Crippen MR) is 113 cm³/mol. The number of para-hydroxylation sites is 1. The van der Waals surface area contributed by atoms with Gasteiger partial charge in [-0.25, -0.2) is 14.3 Å². The number of anilines is 1. The lowest BCUT2D eigenvalue weighted by Crippen LogP contribution is -2.35. The predicted octanol–water partition coefficient (Wildman–Crippen LogP) is 3.34. The lowest BCUT2D eigenvalue weighted by atomic mass is 10.1. The number of nitrogens with zero attached hydrogens (tertiary/aromatic N) is 5. The highest BCUT2D eigenvalue weighted by Crippen LogP contribution is 2.19. The molecule has 4 rings (SSSR count). The smallest absolute Gasteiger partial charge is 0.475 e. The molecule has 9 nitrogen and oxygen atoms in total. The van der Waals surface area contributed by atoms with Gasteiger partial charge in [-0.1, -0.05) is 29.8 Å². The molecule has 0 saturated carbocycles. The Hall–Kier alpha value is -3.15. The summed E-state index contributed by atoms with van der Waals surface area (Å²) in [6, 6.07) is 9.54. The molecular formula is C21H27F3N6O3. The van der Waals surface area contributed by atoms with Crippen LogP contribution in [0.25, 0.3) is 0 Å². The van der Waals surface area contributed by atoms with E-state index in [1.54, 1.807) is 0 Å². The summed E-state index contributed by atoms with van der Waals surface area (Å²) in [6.07, 6.45) is -0.352. The van der Waals surface area contributed by atoms with Crippen LogP contribution in [0.5, 0.6) is 0 Å². The molecule has 1 aromatic carbocycles. The summed E-state index contributed by atoms with van der Waals surface area (Å²) in [5.74, 6) is -2.76. The van der Waals surface area contributed by atoms with Crippen LogP contribution in [0.3, 0.4) is 0 Å². The largest absolute Gasteiger partial charge is 0.490 e. The summed E-state index contributed by atoms with van der Waals surface area (Å²) in [6.45, 7) is 5.20. The summed E-state index contributed by atoms with van der Waals surface area (Å²) in [5, 5.41) is 18.9. The van der Waals surface area contributed by atoms with Crippen molar-refractivity contribution >= 4 is 17.7 Å². The highest BCUT2D eigenvalue weighted by molar-refractivity contribution is 5.89. The Bertz CT molecular complexity index is 929. The zero-order chi connectivity index (χ0) is 23.8. The van der Waals surface area contributed by atoms with Crippen molar-refractivity contribution in [3.05, 3.63) is 41.7 Å². The zero-order valence-electron chi connectivity index (χ0n) is 18.1. The summed E-state index contributed by atoms with van der Waals surface area (Å²) in [4.78, 5) is 25.9. The van der Waals surface area contributed by atoms with Crippen LogP contribution in [0.2, 0.25) is 0 Å². The number of aryl methyl sites for hydroxylation is 1. The number of halogens is 3. The molecule has 180 valence electrons. The molecule has 0 unspecified atom stereocenters. The number of hydrogen-bond donors (Lipinski definition) is 2. The van der Waals surface area contributed by atoms with Gasteiger partial charge in [0.25, 0.3) is 0 Å². The van der Waals surface area contributed by atoms with Crippen molar-refractivity contribution in [2.24, 2.45) is 0 Å². The molecule has 12 heteroatoms. The Kier molecular flexibility index (Phi) is 8.26.